The fourth-order valence-corrected chi connectivity index (χ4v) is 3.24. The smallest absolute Gasteiger partial charge is 0.244 e. The molecule has 1 aromatic heterocycles. The summed E-state index contributed by atoms with van der Waals surface area (Å²) in [6.45, 7) is 1.55. The van der Waals surface area contributed by atoms with E-state index in [1.165, 1.54) is 0 Å². The van der Waals surface area contributed by atoms with Crippen molar-refractivity contribution in [3.05, 3.63) is 52.8 Å². The summed E-state index contributed by atoms with van der Waals surface area (Å²) in [5.74, 6) is 0.0193. The fraction of sp³-hybridized carbons (Fsp3) is 0.412. The summed E-state index contributed by atoms with van der Waals surface area (Å²) in [7, 11) is 3.62. The number of hydrogen-bond acceptors (Lipinski definition) is 4. The van der Waals surface area contributed by atoms with E-state index in [4.69, 9.17) is 16.3 Å². The van der Waals surface area contributed by atoms with E-state index in [1.54, 1.807) is 17.9 Å². The zero-order valence-electron chi connectivity index (χ0n) is 13.8. The molecule has 24 heavy (non-hydrogen) atoms. The van der Waals surface area contributed by atoms with Crippen LogP contribution in [0, 0.1) is 0 Å². The maximum absolute atomic E-state index is 12.9. The monoisotopic (exact) mass is 348 g/mol. The van der Waals surface area contributed by atoms with E-state index in [1.807, 2.05) is 42.4 Å². The maximum atomic E-state index is 12.9. The third-order valence-electron chi connectivity index (χ3n) is 4.22. The summed E-state index contributed by atoms with van der Waals surface area (Å²) in [5.41, 5.74) is 1.77. The second-order valence-corrected chi connectivity index (χ2v) is 6.24. The Kier molecular flexibility index (Phi) is 5.18. The molecule has 0 radical (unpaired) electrons. The molecule has 128 valence electrons. The van der Waals surface area contributed by atoms with Gasteiger partial charge in [-0.05, 0) is 13.1 Å². The molecule has 2 atom stereocenters. The molecule has 0 saturated carbocycles. The van der Waals surface area contributed by atoms with Crippen LogP contribution in [0.2, 0.25) is 5.02 Å². The Hall–Kier alpha value is -1.89. The van der Waals surface area contributed by atoms with Gasteiger partial charge in [0, 0.05) is 35.9 Å². The highest BCUT2D eigenvalue weighted by molar-refractivity contribution is 6.31. The van der Waals surface area contributed by atoms with Crippen molar-refractivity contribution in [2.24, 2.45) is 7.05 Å². The van der Waals surface area contributed by atoms with Crippen molar-refractivity contribution < 1.29 is 9.53 Å². The lowest BCUT2D eigenvalue weighted by Gasteiger charge is -2.35. The summed E-state index contributed by atoms with van der Waals surface area (Å²) in [4.78, 5) is 14.8. The molecule has 2 unspecified atom stereocenters. The van der Waals surface area contributed by atoms with Crippen LogP contribution in [0.25, 0.3) is 0 Å². The molecule has 1 aliphatic rings. The highest BCUT2D eigenvalue weighted by Crippen LogP contribution is 2.29. The number of benzene rings is 1. The van der Waals surface area contributed by atoms with Crippen LogP contribution in [-0.4, -0.2) is 47.3 Å². The van der Waals surface area contributed by atoms with Crippen LogP contribution in [0.4, 0.5) is 0 Å². The molecule has 7 heteroatoms. The standard InChI is InChI=1S/C17H21ClN4O2/c1-19-16(12-9-20-21(2)10-12)17(23)22-7-8-24-15(11-22)13-5-3-4-6-14(13)18/h3-6,9-10,15-16,19H,7-8,11H2,1-2H3. The number of ether oxygens (including phenoxy) is 1. The van der Waals surface area contributed by atoms with E-state index in [-0.39, 0.29) is 12.0 Å². The molecule has 1 aliphatic heterocycles. The average Bonchev–Trinajstić information content (AvgIpc) is 3.02. The number of amides is 1. The number of hydrogen-bond donors (Lipinski definition) is 1. The first kappa shape index (κ1) is 17.0. The maximum Gasteiger partial charge on any atom is 0.244 e. The third-order valence-corrected chi connectivity index (χ3v) is 4.57. The molecule has 0 spiro atoms. The molecular weight excluding hydrogens is 328 g/mol. The van der Waals surface area contributed by atoms with Gasteiger partial charge in [0.25, 0.3) is 0 Å². The topological polar surface area (TPSA) is 59.4 Å². The number of aryl methyl sites for hydroxylation is 1. The summed E-state index contributed by atoms with van der Waals surface area (Å²) < 4.78 is 7.53. The van der Waals surface area contributed by atoms with Crippen molar-refractivity contribution in [3.63, 3.8) is 0 Å². The number of morpholine rings is 1. The Morgan fingerprint density at radius 3 is 2.92 bits per heavy atom. The Balaban J connectivity index is 1.76. The first-order chi connectivity index (χ1) is 11.6. The summed E-state index contributed by atoms with van der Waals surface area (Å²) in [6.07, 6.45) is 3.36. The van der Waals surface area contributed by atoms with Crippen molar-refractivity contribution in [1.82, 2.24) is 20.0 Å². The number of nitrogens with zero attached hydrogens (tertiary/aromatic N) is 3. The van der Waals surface area contributed by atoms with Crippen LogP contribution in [0.1, 0.15) is 23.3 Å². The molecule has 1 saturated heterocycles. The van der Waals surface area contributed by atoms with E-state index in [9.17, 15) is 4.79 Å². The largest absolute Gasteiger partial charge is 0.370 e. The Labute approximate surface area is 146 Å². The first-order valence-corrected chi connectivity index (χ1v) is 8.28. The van der Waals surface area contributed by atoms with Gasteiger partial charge in [0.2, 0.25) is 5.91 Å². The fourth-order valence-electron chi connectivity index (χ4n) is 2.98. The minimum Gasteiger partial charge on any atom is -0.370 e. The summed E-state index contributed by atoms with van der Waals surface area (Å²) in [5, 5.41) is 7.90. The molecule has 2 heterocycles. The number of carbonyl (C=O) groups is 1. The van der Waals surface area contributed by atoms with Gasteiger partial charge in [-0.2, -0.15) is 5.10 Å². The summed E-state index contributed by atoms with van der Waals surface area (Å²) >= 11 is 6.27. The predicted octanol–water partition coefficient (Wildman–Crippen LogP) is 1.93. The Morgan fingerprint density at radius 2 is 2.25 bits per heavy atom. The quantitative estimate of drug-likeness (QED) is 0.917. The predicted molar refractivity (Wildman–Crippen MR) is 91.7 cm³/mol. The van der Waals surface area contributed by atoms with Crippen molar-refractivity contribution >= 4 is 17.5 Å². The minimum absolute atomic E-state index is 0.0193. The molecule has 6 nitrogen and oxygen atoms in total. The lowest BCUT2D eigenvalue weighted by molar-refractivity contribution is -0.141. The molecule has 0 aliphatic carbocycles. The number of halogens is 1. The van der Waals surface area contributed by atoms with Crippen molar-refractivity contribution in [1.29, 1.82) is 0 Å². The molecule has 1 aromatic carbocycles. The van der Waals surface area contributed by atoms with E-state index < -0.39 is 6.04 Å². The van der Waals surface area contributed by atoms with Crippen LogP contribution < -0.4 is 5.32 Å². The Morgan fingerprint density at radius 1 is 1.46 bits per heavy atom. The van der Waals surface area contributed by atoms with Gasteiger partial charge >= 0.3 is 0 Å². The minimum atomic E-state index is -0.413. The lowest BCUT2D eigenvalue weighted by Crippen LogP contribution is -2.46. The van der Waals surface area contributed by atoms with Crippen LogP contribution >= 0.6 is 11.6 Å². The number of carbonyl (C=O) groups excluding carboxylic acids is 1. The molecular formula is C17H21ClN4O2. The van der Waals surface area contributed by atoms with Gasteiger partial charge in [-0.15, -0.1) is 0 Å². The lowest BCUT2D eigenvalue weighted by atomic mass is 10.1. The number of nitrogens with one attached hydrogen (secondary N) is 1. The van der Waals surface area contributed by atoms with Crippen LogP contribution in [0.3, 0.4) is 0 Å². The van der Waals surface area contributed by atoms with Gasteiger partial charge in [-0.1, -0.05) is 29.8 Å². The molecule has 1 fully saturated rings. The van der Waals surface area contributed by atoms with Crippen LogP contribution in [0.5, 0.6) is 0 Å². The molecule has 0 bridgehead atoms. The number of rotatable bonds is 4. The van der Waals surface area contributed by atoms with Gasteiger partial charge in [0.05, 0.1) is 19.3 Å². The number of likely N-dealkylation sites (N-methyl/N-ethyl adjacent to an activating group) is 1. The normalized spacial score (nSPS) is 19.3. The van der Waals surface area contributed by atoms with Gasteiger partial charge in [0.1, 0.15) is 12.1 Å². The van der Waals surface area contributed by atoms with E-state index in [2.05, 4.69) is 10.4 Å². The zero-order chi connectivity index (χ0) is 17.1. The summed E-state index contributed by atoms with van der Waals surface area (Å²) in [6, 6.07) is 7.18. The van der Waals surface area contributed by atoms with Crippen LogP contribution in [-0.2, 0) is 16.6 Å². The highest BCUT2D eigenvalue weighted by Gasteiger charge is 2.31. The van der Waals surface area contributed by atoms with Crippen molar-refractivity contribution in [2.45, 2.75) is 12.1 Å². The van der Waals surface area contributed by atoms with Gasteiger partial charge in [-0.25, -0.2) is 0 Å². The van der Waals surface area contributed by atoms with Crippen LogP contribution in [0.15, 0.2) is 36.7 Å². The average molecular weight is 349 g/mol. The van der Waals surface area contributed by atoms with E-state index in [0.717, 1.165) is 11.1 Å². The zero-order valence-corrected chi connectivity index (χ0v) is 14.5. The molecule has 1 amide bonds. The second kappa shape index (κ2) is 7.34. The Bertz CT molecular complexity index is 718. The van der Waals surface area contributed by atoms with Crippen molar-refractivity contribution in [3.8, 4) is 0 Å². The third kappa shape index (κ3) is 3.45. The first-order valence-electron chi connectivity index (χ1n) is 7.90. The molecule has 1 N–H and O–H groups in total. The van der Waals surface area contributed by atoms with E-state index in [0.29, 0.717) is 24.7 Å². The molecule has 2 aromatic rings. The second-order valence-electron chi connectivity index (χ2n) is 5.83. The highest BCUT2D eigenvalue weighted by atomic mass is 35.5. The van der Waals surface area contributed by atoms with Gasteiger partial charge in [0.15, 0.2) is 0 Å². The number of aromatic nitrogens is 2. The molecule has 3 rings (SSSR count). The van der Waals surface area contributed by atoms with Gasteiger partial charge < -0.3 is 15.0 Å². The SMILES string of the molecule is CNC(C(=O)N1CCOC(c2ccccc2Cl)C1)c1cnn(C)c1. The van der Waals surface area contributed by atoms with E-state index >= 15 is 0 Å². The van der Waals surface area contributed by atoms with Crippen molar-refractivity contribution in [2.75, 3.05) is 26.7 Å². The van der Waals surface area contributed by atoms with Gasteiger partial charge in [-0.3, -0.25) is 9.48 Å².